The van der Waals surface area contributed by atoms with Crippen molar-refractivity contribution in [2.75, 3.05) is 26.4 Å². The predicted molar refractivity (Wildman–Crippen MR) is 330 cm³/mol. The lowest BCUT2D eigenvalue weighted by Crippen LogP contribution is -2.29. The first kappa shape index (κ1) is 74.7. The van der Waals surface area contributed by atoms with Gasteiger partial charge >= 0.3 is 19.8 Å². The Labute approximate surface area is 476 Å². The Morgan fingerprint density at radius 1 is 0.390 bits per heavy atom. The third-order valence-electron chi connectivity index (χ3n) is 14.4. The van der Waals surface area contributed by atoms with Crippen molar-refractivity contribution in [3.8, 4) is 0 Å². The molecular formula is C67H124NO8P. The van der Waals surface area contributed by atoms with Gasteiger partial charge in [0.25, 0.3) is 0 Å². The van der Waals surface area contributed by atoms with E-state index in [1.807, 2.05) is 0 Å². The number of rotatable bonds is 62. The van der Waals surface area contributed by atoms with E-state index < -0.39 is 26.5 Å². The quantitative estimate of drug-likeness (QED) is 0.0264. The van der Waals surface area contributed by atoms with Crippen molar-refractivity contribution in [1.82, 2.24) is 0 Å². The molecule has 0 amide bonds. The maximum atomic E-state index is 12.7. The van der Waals surface area contributed by atoms with Crippen LogP contribution in [0.15, 0.2) is 60.8 Å². The number of phosphoric acid groups is 1. The number of hydrogen-bond donors (Lipinski definition) is 2. The lowest BCUT2D eigenvalue weighted by atomic mass is 10.0. The molecule has 450 valence electrons. The SMILES string of the molecule is CCCCCCC/C=C\C/C=C\C/C=C\CCCCCCCCCCCCCCCCCCCCC(=O)OC(COC(=O)CCCCCCCCCCCCC/C=C\C/C=C\CCCCCCC)COP(=O)(O)OCCN. The summed E-state index contributed by atoms with van der Waals surface area (Å²) < 4.78 is 33.1. The molecule has 0 aromatic rings. The fourth-order valence-electron chi connectivity index (χ4n) is 9.50. The van der Waals surface area contributed by atoms with Gasteiger partial charge in [-0.15, -0.1) is 0 Å². The smallest absolute Gasteiger partial charge is 0.462 e. The number of carbonyl (C=O) groups is 2. The van der Waals surface area contributed by atoms with Gasteiger partial charge in [0.1, 0.15) is 6.61 Å². The van der Waals surface area contributed by atoms with E-state index in [9.17, 15) is 19.0 Å². The fourth-order valence-corrected chi connectivity index (χ4v) is 10.3. The second kappa shape index (κ2) is 62.9. The number of unbranched alkanes of at least 4 members (excludes halogenated alkanes) is 39. The lowest BCUT2D eigenvalue weighted by Gasteiger charge is -2.19. The highest BCUT2D eigenvalue weighted by Gasteiger charge is 2.26. The van der Waals surface area contributed by atoms with Gasteiger partial charge in [-0.25, -0.2) is 4.57 Å². The number of nitrogens with two attached hydrogens (primary N) is 1. The van der Waals surface area contributed by atoms with E-state index >= 15 is 0 Å². The normalized spacial score (nSPS) is 13.4. The van der Waals surface area contributed by atoms with Crippen LogP contribution in [-0.4, -0.2) is 49.3 Å². The Hall–Kier alpha value is -2.29. The topological polar surface area (TPSA) is 134 Å². The van der Waals surface area contributed by atoms with Gasteiger partial charge in [-0.2, -0.15) is 0 Å². The molecule has 0 aromatic heterocycles. The Kier molecular flexibility index (Phi) is 61.0. The second-order valence-electron chi connectivity index (χ2n) is 22.0. The Bertz CT molecular complexity index is 1440. The van der Waals surface area contributed by atoms with E-state index in [0.717, 1.165) is 51.4 Å². The third kappa shape index (κ3) is 62.8. The number of carbonyl (C=O) groups excluding carboxylic acids is 2. The molecule has 0 aromatic carbocycles. The molecule has 3 N–H and O–H groups in total. The largest absolute Gasteiger partial charge is 0.472 e. The van der Waals surface area contributed by atoms with Crippen molar-refractivity contribution in [3.05, 3.63) is 60.8 Å². The molecule has 0 aliphatic carbocycles. The van der Waals surface area contributed by atoms with Gasteiger partial charge in [0.05, 0.1) is 13.2 Å². The highest BCUT2D eigenvalue weighted by molar-refractivity contribution is 7.47. The van der Waals surface area contributed by atoms with Crippen LogP contribution >= 0.6 is 7.82 Å². The van der Waals surface area contributed by atoms with Gasteiger partial charge < -0.3 is 20.1 Å². The molecule has 0 heterocycles. The minimum atomic E-state index is -4.39. The molecule has 77 heavy (non-hydrogen) atoms. The second-order valence-corrected chi connectivity index (χ2v) is 23.4. The Morgan fingerprint density at radius 2 is 0.675 bits per heavy atom. The molecule has 0 rings (SSSR count). The van der Waals surface area contributed by atoms with E-state index in [1.165, 1.54) is 238 Å². The van der Waals surface area contributed by atoms with Crippen molar-refractivity contribution in [1.29, 1.82) is 0 Å². The van der Waals surface area contributed by atoms with Crippen LogP contribution in [0.25, 0.3) is 0 Å². The van der Waals surface area contributed by atoms with E-state index in [-0.39, 0.29) is 38.6 Å². The van der Waals surface area contributed by atoms with Crippen LogP contribution in [0.1, 0.15) is 322 Å². The number of ether oxygens (including phenoxy) is 2. The molecule has 0 aliphatic rings. The summed E-state index contributed by atoms with van der Waals surface area (Å²) >= 11 is 0. The minimum Gasteiger partial charge on any atom is -0.462 e. The molecule has 0 spiro atoms. The van der Waals surface area contributed by atoms with Crippen LogP contribution in [0.4, 0.5) is 0 Å². The van der Waals surface area contributed by atoms with Crippen LogP contribution in [0.5, 0.6) is 0 Å². The molecule has 2 unspecified atom stereocenters. The van der Waals surface area contributed by atoms with Gasteiger partial charge in [0.2, 0.25) is 0 Å². The maximum Gasteiger partial charge on any atom is 0.472 e. The zero-order chi connectivity index (χ0) is 55.9. The highest BCUT2D eigenvalue weighted by Crippen LogP contribution is 2.43. The minimum absolute atomic E-state index is 0.0531. The van der Waals surface area contributed by atoms with E-state index in [4.69, 9.17) is 24.3 Å². The summed E-state index contributed by atoms with van der Waals surface area (Å²) in [5.74, 6) is -0.817. The lowest BCUT2D eigenvalue weighted by molar-refractivity contribution is -0.161. The first-order valence-corrected chi connectivity index (χ1v) is 34.3. The van der Waals surface area contributed by atoms with Gasteiger partial charge in [0.15, 0.2) is 6.10 Å². The van der Waals surface area contributed by atoms with Gasteiger partial charge in [-0.05, 0) is 83.5 Å². The average molecular weight is 1100 g/mol. The van der Waals surface area contributed by atoms with Gasteiger partial charge in [-0.1, -0.05) is 286 Å². The fraction of sp³-hybridized carbons (Fsp3) is 0.821. The van der Waals surface area contributed by atoms with Crippen LogP contribution in [0.2, 0.25) is 0 Å². The summed E-state index contributed by atoms with van der Waals surface area (Å²) in [4.78, 5) is 35.3. The molecule has 0 bridgehead atoms. The van der Waals surface area contributed by atoms with Crippen molar-refractivity contribution in [2.45, 2.75) is 328 Å². The van der Waals surface area contributed by atoms with Gasteiger partial charge in [-0.3, -0.25) is 18.6 Å². The average Bonchev–Trinajstić information content (AvgIpc) is 3.42. The molecule has 0 radical (unpaired) electrons. The van der Waals surface area contributed by atoms with Crippen LogP contribution in [-0.2, 0) is 32.7 Å². The maximum absolute atomic E-state index is 12.7. The summed E-state index contributed by atoms with van der Waals surface area (Å²) in [7, 11) is -4.39. The van der Waals surface area contributed by atoms with E-state index in [0.29, 0.717) is 6.42 Å². The van der Waals surface area contributed by atoms with E-state index in [2.05, 4.69) is 74.6 Å². The van der Waals surface area contributed by atoms with Crippen molar-refractivity contribution < 1.29 is 37.6 Å². The summed E-state index contributed by atoms with van der Waals surface area (Å²) in [6.07, 6.45) is 80.1. The number of hydrogen-bond acceptors (Lipinski definition) is 8. The van der Waals surface area contributed by atoms with Crippen molar-refractivity contribution in [2.24, 2.45) is 5.73 Å². The van der Waals surface area contributed by atoms with E-state index in [1.54, 1.807) is 0 Å². The summed E-state index contributed by atoms with van der Waals surface area (Å²) in [5.41, 5.74) is 5.39. The van der Waals surface area contributed by atoms with Crippen molar-refractivity contribution >= 4 is 19.8 Å². The monoisotopic (exact) mass is 1100 g/mol. The first-order chi connectivity index (χ1) is 37.8. The number of phosphoric ester groups is 1. The van der Waals surface area contributed by atoms with Crippen LogP contribution in [0.3, 0.4) is 0 Å². The molecule has 10 heteroatoms. The van der Waals surface area contributed by atoms with Crippen LogP contribution < -0.4 is 5.73 Å². The molecule has 0 saturated heterocycles. The molecule has 2 atom stereocenters. The zero-order valence-electron chi connectivity index (χ0n) is 50.4. The summed E-state index contributed by atoms with van der Waals surface area (Å²) in [6.45, 7) is 3.76. The molecule has 0 saturated carbocycles. The zero-order valence-corrected chi connectivity index (χ0v) is 51.3. The van der Waals surface area contributed by atoms with Gasteiger partial charge in [0, 0.05) is 19.4 Å². The number of allylic oxidation sites excluding steroid dienone is 10. The Balaban J connectivity index is 3.88. The molecular weight excluding hydrogens is 978 g/mol. The first-order valence-electron chi connectivity index (χ1n) is 32.8. The molecule has 0 aliphatic heterocycles. The standard InChI is InChI=1S/C67H124NO8P/c1-3-5-7-9-11-13-15-17-19-21-23-25-27-28-29-30-31-32-33-34-35-36-38-40-42-44-46-48-50-52-54-56-58-60-67(70)76-65(64-75-77(71,72)74-62-61-68)63-73-66(69)59-57-55-53-51-49-47-45-43-41-39-37-26-24-22-20-18-16-14-12-10-8-6-4-2/h15-18,21-24,27-28,65H,3-14,19-20,25-26,29-64,68H2,1-2H3,(H,71,72)/b17-15-,18-16-,23-21-,24-22-,28-27-. The molecule has 0 fully saturated rings. The number of esters is 2. The highest BCUT2D eigenvalue weighted by atomic mass is 31.2. The third-order valence-corrected chi connectivity index (χ3v) is 15.4. The van der Waals surface area contributed by atoms with Crippen LogP contribution in [0, 0.1) is 0 Å². The Morgan fingerprint density at radius 3 is 1.00 bits per heavy atom. The van der Waals surface area contributed by atoms with Crippen molar-refractivity contribution in [3.63, 3.8) is 0 Å². The molecule has 9 nitrogen and oxygen atoms in total. The summed E-state index contributed by atoms with van der Waals surface area (Å²) in [5, 5.41) is 0. The summed E-state index contributed by atoms with van der Waals surface area (Å²) in [6, 6.07) is 0. The predicted octanol–water partition coefficient (Wildman–Crippen LogP) is 21.1.